The van der Waals surface area contributed by atoms with Crippen LogP contribution in [0.5, 0.6) is 0 Å². The van der Waals surface area contributed by atoms with Crippen molar-refractivity contribution < 1.29 is 18.0 Å². The molecule has 2 amide bonds. The van der Waals surface area contributed by atoms with E-state index in [1.54, 1.807) is 4.90 Å². The highest BCUT2D eigenvalue weighted by Gasteiger charge is 2.30. The molecule has 0 aliphatic carbocycles. The number of anilines is 3. The summed E-state index contributed by atoms with van der Waals surface area (Å²) in [5.74, 6) is 0. The number of hydrogen-bond acceptors (Lipinski definition) is 3. The molecule has 0 saturated carbocycles. The normalized spacial score (nSPS) is 14.8. The van der Waals surface area contributed by atoms with Crippen LogP contribution in [0.2, 0.25) is 0 Å². The van der Waals surface area contributed by atoms with Crippen LogP contribution < -0.4 is 15.1 Å². The molecule has 1 aliphatic heterocycles. The third-order valence-corrected chi connectivity index (χ3v) is 4.76. The summed E-state index contributed by atoms with van der Waals surface area (Å²) in [7, 11) is 3.90. The number of halogens is 3. The number of piperazine rings is 1. The zero-order chi connectivity index (χ0) is 20.3. The van der Waals surface area contributed by atoms with E-state index in [0.29, 0.717) is 26.2 Å². The molecule has 1 heterocycles. The summed E-state index contributed by atoms with van der Waals surface area (Å²) in [5, 5.41) is 2.88. The number of rotatable bonds is 3. The highest BCUT2D eigenvalue weighted by atomic mass is 19.4. The molecule has 1 fully saturated rings. The Morgan fingerprint density at radius 2 is 1.50 bits per heavy atom. The molecule has 0 radical (unpaired) electrons. The van der Waals surface area contributed by atoms with Gasteiger partial charge in [-0.1, -0.05) is 0 Å². The van der Waals surface area contributed by atoms with Gasteiger partial charge in [-0.2, -0.15) is 13.2 Å². The van der Waals surface area contributed by atoms with Gasteiger partial charge in [0.1, 0.15) is 0 Å². The molecule has 5 nitrogen and oxygen atoms in total. The molecule has 8 heteroatoms. The number of carbonyl (C=O) groups is 1. The van der Waals surface area contributed by atoms with Crippen molar-refractivity contribution in [1.82, 2.24) is 4.90 Å². The minimum Gasteiger partial charge on any atom is -0.378 e. The zero-order valence-electron chi connectivity index (χ0n) is 15.8. The zero-order valence-corrected chi connectivity index (χ0v) is 15.8. The SMILES string of the molecule is CN(C)c1ccc(NC(=O)N2CCN(c3ccc(C(F)(F)F)cc3)CC2)cc1. The Morgan fingerprint density at radius 1 is 0.929 bits per heavy atom. The van der Waals surface area contributed by atoms with Crippen molar-refractivity contribution in [1.29, 1.82) is 0 Å². The molecule has 0 atom stereocenters. The number of alkyl halides is 3. The second-order valence-electron chi connectivity index (χ2n) is 6.89. The van der Waals surface area contributed by atoms with Gasteiger partial charge in [-0.05, 0) is 48.5 Å². The van der Waals surface area contributed by atoms with Crippen LogP contribution in [0.4, 0.5) is 35.0 Å². The first-order chi connectivity index (χ1) is 13.2. The first kappa shape index (κ1) is 19.9. The predicted molar refractivity (Wildman–Crippen MR) is 105 cm³/mol. The molecule has 150 valence electrons. The van der Waals surface area contributed by atoms with Crippen molar-refractivity contribution in [3.8, 4) is 0 Å². The first-order valence-electron chi connectivity index (χ1n) is 8.99. The summed E-state index contributed by atoms with van der Waals surface area (Å²) in [6.45, 7) is 2.14. The van der Waals surface area contributed by atoms with Gasteiger partial charge in [-0.25, -0.2) is 4.79 Å². The van der Waals surface area contributed by atoms with E-state index in [2.05, 4.69) is 5.32 Å². The quantitative estimate of drug-likeness (QED) is 0.854. The predicted octanol–water partition coefficient (Wildman–Crippen LogP) is 4.13. The molecule has 1 N–H and O–H groups in total. The molecular formula is C20H23F3N4O. The molecule has 0 unspecified atom stereocenters. The maximum Gasteiger partial charge on any atom is 0.416 e. The molecule has 2 aromatic carbocycles. The van der Waals surface area contributed by atoms with E-state index in [0.717, 1.165) is 29.2 Å². The van der Waals surface area contributed by atoms with Gasteiger partial charge in [0.05, 0.1) is 5.56 Å². The van der Waals surface area contributed by atoms with Crippen molar-refractivity contribution in [2.24, 2.45) is 0 Å². The summed E-state index contributed by atoms with van der Waals surface area (Å²) >= 11 is 0. The lowest BCUT2D eigenvalue weighted by molar-refractivity contribution is -0.137. The van der Waals surface area contributed by atoms with Crippen LogP contribution in [0.3, 0.4) is 0 Å². The fourth-order valence-electron chi connectivity index (χ4n) is 3.07. The van der Waals surface area contributed by atoms with Gasteiger partial charge in [-0.15, -0.1) is 0 Å². The fraction of sp³-hybridized carbons (Fsp3) is 0.350. The van der Waals surface area contributed by atoms with Crippen molar-refractivity contribution in [3.63, 3.8) is 0 Å². The van der Waals surface area contributed by atoms with E-state index in [1.807, 2.05) is 48.2 Å². The summed E-state index contributed by atoms with van der Waals surface area (Å²) < 4.78 is 38.0. The van der Waals surface area contributed by atoms with Gasteiger partial charge in [0.15, 0.2) is 0 Å². The Morgan fingerprint density at radius 3 is 2.00 bits per heavy atom. The van der Waals surface area contributed by atoms with E-state index in [-0.39, 0.29) is 6.03 Å². The maximum atomic E-state index is 12.7. The monoisotopic (exact) mass is 392 g/mol. The molecule has 28 heavy (non-hydrogen) atoms. The average Bonchev–Trinajstić information content (AvgIpc) is 2.68. The van der Waals surface area contributed by atoms with Crippen molar-refractivity contribution in [3.05, 3.63) is 54.1 Å². The Bertz CT molecular complexity index is 796. The summed E-state index contributed by atoms with van der Waals surface area (Å²) in [6, 6.07) is 12.5. The van der Waals surface area contributed by atoms with Crippen LogP contribution in [-0.2, 0) is 6.18 Å². The molecule has 1 aliphatic rings. The molecule has 0 aromatic heterocycles. The van der Waals surface area contributed by atoms with E-state index in [1.165, 1.54) is 12.1 Å². The van der Waals surface area contributed by atoms with Gasteiger partial charge < -0.3 is 20.0 Å². The van der Waals surface area contributed by atoms with E-state index in [4.69, 9.17) is 0 Å². The van der Waals surface area contributed by atoms with Gasteiger partial charge >= 0.3 is 12.2 Å². The fourth-order valence-corrected chi connectivity index (χ4v) is 3.07. The molecule has 0 spiro atoms. The van der Waals surface area contributed by atoms with Gasteiger partial charge in [0.2, 0.25) is 0 Å². The molecule has 2 aromatic rings. The van der Waals surface area contributed by atoms with E-state index in [9.17, 15) is 18.0 Å². The minimum atomic E-state index is -4.33. The second kappa shape index (κ2) is 8.00. The van der Waals surface area contributed by atoms with E-state index < -0.39 is 11.7 Å². The van der Waals surface area contributed by atoms with Gasteiger partial charge in [0.25, 0.3) is 0 Å². The molecule has 3 rings (SSSR count). The maximum absolute atomic E-state index is 12.7. The van der Waals surface area contributed by atoms with Crippen molar-refractivity contribution in [2.45, 2.75) is 6.18 Å². The Balaban J connectivity index is 1.53. The third kappa shape index (κ3) is 4.68. The Hall–Kier alpha value is -2.90. The van der Waals surface area contributed by atoms with Gasteiger partial charge in [0, 0.05) is 57.3 Å². The van der Waals surface area contributed by atoms with Crippen molar-refractivity contribution >= 4 is 23.1 Å². The lowest BCUT2D eigenvalue weighted by atomic mass is 10.1. The number of nitrogens with one attached hydrogen (secondary N) is 1. The molecular weight excluding hydrogens is 369 g/mol. The third-order valence-electron chi connectivity index (χ3n) is 4.76. The van der Waals surface area contributed by atoms with Crippen LogP contribution in [0.25, 0.3) is 0 Å². The van der Waals surface area contributed by atoms with Gasteiger partial charge in [-0.3, -0.25) is 0 Å². The standard InChI is InChI=1S/C20H23F3N4O/c1-25(2)17-9-5-16(6-10-17)24-19(28)27-13-11-26(12-14-27)18-7-3-15(4-8-18)20(21,22)23/h3-10H,11-14H2,1-2H3,(H,24,28). The van der Waals surface area contributed by atoms with Crippen LogP contribution in [0.15, 0.2) is 48.5 Å². The van der Waals surface area contributed by atoms with Crippen molar-refractivity contribution in [2.75, 3.05) is 55.4 Å². The number of benzene rings is 2. The van der Waals surface area contributed by atoms with Crippen LogP contribution in [0, 0.1) is 0 Å². The highest BCUT2D eigenvalue weighted by Crippen LogP contribution is 2.30. The highest BCUT2D eigenvalue weighted by molar-refractivity contribution is 5.89. The van der Waals surface area contributed by atoms with Crippen LogP contribution >= 0.6 is 0 Å². The van der Waals surface area contributed by atoms with E-state index >= 15 is 0 Å². The Kier molecular flexibility index (Phi) is 5.67. The number of amides is 2. The number of urea groups is 1. The number of nitrogens with zero attached hydrogens (tertiary/aromatic N) is 3. The molecule has 1 saturated heterocycles. The number of hydrogen-bond donors (Lipinski definition) is 1. The second-order valence-corrected chi connectivity index (χ2v) is 6.89. The summed E-state index contributed by atoms with van der Waals surface area (Å²) in [6.07, 6.45) is -4.33. The Labute approximate surface area is 162 Å². The smallest absolute Gasteiger partial charge is 0.378 e. The number of carbonyl (C=O) groups excluding carboxylic acids is 1. The van der Waals surface area contributed by atoms with Crippen LogP contribution in [-0.4, -0.2) is 51.2 Å². The lowest BCUT2D eigenvalue weighted by Crippen LogP contribution is -2.50. The average molecular weight is 392 g/mol. The largest absolute Gasteiger partial charge is 0.416 e. The topological polar surface area (TPSA) is 38.8 Å². The summed E-state index contributed by atoms with van der Waals surface area (Å²) in [4.78, 5) is 18.1. The minimum absolute atomic E-state index is 0.176. The summed E-state index contributed by atoms with van der Waals surface area (Å²) in [5.41, 5.74) is 1.84. The van der Waals surface area contributed by atoms with Crippen LogP contribution in [0.1, 0.15) is 5.56 Å². The lowest BCUT2D eigenvalue weighted by Gasteiger charge is -2.36. The molecule has 0 bridgehead atoms. The first-order valence-corrected chi connectivity index (χ1v) is 8.99.